The van der Waals surface area contributed by atoms with Gasteiger partial charge in [-0.3, -0.25) is 4.79 Å². The Morgan fingerprint density at radius 3 is 2.42 bits per heavy atom. The summed E-state index contributed by atoms with van der Waals surface area (Å²) < 4.78 is 32.3. The molecule has 1 N–H and O–H groups in total. The van der Waals surface area contributed by atoms with Crippen LogP contribution in [0.4, 0.5) is 8.78 Å². The van der Waals surface area contributed by atoms with Crippen LogP contribution in [0.3, 0.4) is 0 Å². The molecule has 0 aromatic heterocycles. The third kappa shape index (κ3) is 2.95. The van der Waals surface area contributed by atoms with Crippen LogP contribution < -0.4 is 4.74 Å². The summed E-state index contributed by atoms with van der Waals surface area (Å²) in [5.74, 6) is -2.31. The zero-order chi connectivity index (χ0) is 13.8. The molecule has 98 valence electrons. The smallest absolute Gasteiger partial charge is 0.198 e. The first-order valence-corrected chi connectivity index (χ1v) is 5.46. The van der Waals surface area contributed by atoms with Crippen molar-refractivity contribution >= 4 is 6.29 Å². The Bertz CT molecular complexity index is 588. The van der Waals surface area contributed by atoms with Gasteiger partial charge in [-0.15, -0.1) is 0 Å². The molecule has 0 aliphatic heterocycles. The maximum absolute atomic E-state index is 13.6. The number of rotatable bonds is 4. The second-order valence-electron chi connectivity index (χ2n) is 3.84. The molecule has 0 fully saturated rings. The van der Waals surface area contributed by atoms with Gasteiger partial charge in [0.2, 0.25) is 0 Å². The third-order valence-electron chi connectivity index (χ3n) is 2.46. The lowest BCUT2D eigenvalue weighted by atomic mass is 10.2. The van der Waals surface area contributed by atoms with Gasteiger partial charge in [0.05, 0.1) is 6.61 Å². The predicted octanol–water partition coefficient (Wildman–Crippen LogP) is 3.06. The summed E-state index contributed by atoms with van der Waals surface area (Å²) in [5, 5.41) is 8.96. The average molecular weight is 264 g/mol. The first-order valence-electron chi connectivity index (χ1n) is 5.46. The van der Waals surface area contributed by atoms with E-state index in [1.807, 2.05) is 0 Å². The van der Waals surface area contributed by atoms with Crippen molar-refractivity contribution in [2.45, 2.75) is 6.61 Å². The fourth-order valence-electron chi connectivity index (χ4n) is 1.57. The largest absolute Gasteiger partial charge is 0.451 e. The van der Waals surface area contributed by atoms with Crippen LogP contribution in [-0.4, -0.2) is 11.4 Å². The van der Waals surface area contributed by atoms with E-state index in [1.165, 1.54) is 12.1 Å². The zero-order valence-electron chi connectivity index (χ0n) is 9.77. The van der Waals surface area contributed by atoms with Crippen molar-refractivity contribution in [2.75, 3.05) is 0 Å². The standard InChI is InChI=1S/C14H10F2O3/c15-12-5-10(8-18)6-13(16)14(12)19-11-3-1-2-9(4-11)7-17/h1-6,8,17H,7H2. The molecule has 0 aliphatic rings. The number of hydrogen-bond donors (Lipinski definition) is 1. The summed E-state index contributed by atoms with van der Waals surface area (Å²) in [6, 6.07) is 7.99. The van der Waals surface area contributed by atoms with Crippen LogP contribution in [-0.2, 0) is 6.61 Å². The molecule has 2 aromatic carbocycles. The minimum Gasteiger partial charge on any atom is -0.451 e. The van der Waals surface area contributed by atoms with Gasteiger partial charge in [-0.2, -0.15) is 0 Å². The SMILES string of the molecule is O=Cc1cc(F)c(Oc2cccc(CO)c2)c(F)c1. The van der Waals surface area contributed by atoms with Crippen molar-refractivity contribution in [3.8, 4) is 11.5 Å². The number of benzene rings is 2. The summed E-state index contributed by atoms with van der Waals surface area (Å²) in [4.78, 5) is 10.5. The summed E-state index contributed by atoms with van der Waals surface area (Å²) in [6.07, 6.45) is 0.350. The van der Waals surface area contributed by atoms with Crippen LogP contribution in [0.5, 0.6) is 11.5 Å². The quantitative estimate of drug-likeness (QED) is 0.863. The Labute approximate surface area is 108 Å². The molecule has 19 heavy (non-hydrogen) atoms. The summed E-state index contributed by atoms with van der Waals surface area (Å²) in [5.41, 5.74) is 0.453. The van der Waals surface area contributed by atoms with Gasteiger partial charge in [-0.05, 0) is 29.8 Å². The topological polar surface area (TPSA) is 46.5 Å². The molecule has 3 nitrogen and oxygen atoms in total. The lowest BCUT2D eigenvalue weighted by molar-refractivity contribution is 0.112. The number of ether oxygens (including phenoxy) is 1. The maximum Gasteiger partial charge on any atom is 0.198 e. The van der Waals surface area contributed by atoms with Crippen LogP contribution in [0.2, 0.25) is 0 Å². The Balaban J connectivity index is 2.35. The van der Waals surface area contributed by atoms with Crippen LogP contribution in [0, 0.1) is 11.6 Å². The molecule has 0 saturated carbocycles. The molecule has 0 heterocycles. The highest BCUT2D eigenvalue weighted by Gasteiger charge is 2.13. The molecule has 2 aromatic rings. The molecule has 0 aliphatic carbocycles. The minimum atomic E-state index is -0.962. The van der Waals surface area contributed by atoms with Crippen molar-refractivity contribution in [2.24, 2.45) is 0 Å². The van der Waals surface area contributed by atoms with Gasteiger partial charge < -0.3 is 9.84 Å². The van der Waals surface area contributed by atoms with E-state index in [0.29, 0.717) is 11.8 Å². The number of aliphatic hydroxyl groups is 1. The van der Waals surface area contributed by atoms with Gasteiger partial charge in [-0.25, -0.2) is 8.78 Å². The first-order chi connectivity index (χ1) is 9.13. The van der Waals surface area contributed by atoms with Gasteiger partial charge in [0.25, 0.3) is 0 Å². The number of carbonyl (C=O) groups excluding carboxylic acids is 1. The molecule has 0 unspecified atom stereocenters. The lowest BCUT2D eigenvalue weighted by Crippen LogP contribution is -1.95. The zero-order valence-corrected chi connectivity index (χ0v) is 9.77. The van der Waals surface area contributed by atoms with Crippen LogP contribution in [0.25, 0.3) is 0 Å². The molecule has 0 amide bonds. The molecular formula is C14H10F2O3. The Kier molecular flexibility index (Phi) is 3.87. The molecule has 0 saturated heterocycles. The van der Waals surface area contributed by atoms with Crippen molar-refractivity contribution < 1.29 is 23.4 Å². The first kappa shape index (κ1) is 13.2. The van der Waals surface area contributed by atoms with E-state index < -0.39 is 17.4 Å². The highest BCUT2D eigenvalue weighted by Crippen LogP contribution is 2.28. The van der Waals surface area contributed by atoms with Crippen LogP contribution in [0.15, 0.2) is 36.4 Å². The summed E-state index contributed by atoms with van der Waals surface area (Å²) >= 11 is 0. The van der Waals surface area contributed by atoms with E-state index in [-0.39, 0.29) is 17.9 Å². The monoisotopic (exact) mass is 264 g/mol. The third-order valence-corrected chi connectivity index (χ3v) is 2.46. The van der Waals surface area contributed by atoms with Gasteiger partial charge in [0, 0.05) is 5.56 Å². The Morgan fingerprint density at radius 2 is 1.84 bits per heavy atom. The van der Waals surface area contributed by atoms with E-state index in [4.69, 9.17) is 9.84 Å². The number of carbonyl (C=O) groups is 1. The number of aliphatic hydroxyl groups excluding tert-OH is 1. The Morgan fingerprint density at radius 1 is 1.16 bits per heavy atom. The molecule has 0 radical (unpaired) electrons. The van der Waals surface area contributed by atoms with Crippen molar-refractivity contribution in [3.05, 3.63) is 59.2 Å². The molecule has 2 rings (SSSR count). The summed E-state index contributed by atoms with van der Waals surface area (Å²) in [6.45, 7) is -0.202. The van der Waals surface area contributed by atoms with E-state index in [0.717, 1.165) is 12.1 Å². The van der Waals surface area contributed by atoms with Gasteiger partial charge in [0.15, 0.2) is 17.4 Å². The second-order valence-corrected chi connectivity index (χ2v) is 3.84. The molecule has 0 atom stereocenters. The van der Waals surface area contributed by atoms with Gasteiger partial charge in [0.1, 0.15) is 12.0 Å². The average Bonchev–Trinajstić information content (AvgIpc) is 2.42. The number of aldehydes is 1. The van der Waals surface area contributed by atoms with E-state index in [9.17, 15) is 13.6 Å². The lowest BCUT2D eigenvalue weighted by Gasteiger charge is -2.09. The Hall–Kier alpha value is -2.27. The van der Waals surface area contributed by atoms with Crippen LogP contribution >= 0.6 is 0 Å². The van der Waals surface area contributed by atoms with Crippen molar-refractivity contribution in [1.29, 1.82) is 0 Å². The van der Waals surface area contributed by atoms with E-state index in [1.54, 1.807) is 12.1 Å². The van der Waals surface area contributed by atoms with Gasteiger partial charge >= 0.3 is 0 Å². The fraction of sp³-hybridized carbons (Fsp3) is 0.0714. The van der Waals surface area contributed by atoms with Crippen LogP contribution in [0.1, 0.15) is 15.9 Å². The second kappa shape index (κ2) is 5.58. The van der Waals surface area contributed by atoms with Crippen molar-refractivity contribution in [3.63, 3.8) is 0 Å². The molecular weight excluding hydrogens is 254 g/mol. The van der Waals surface area contributed by atoms with Gasteiger partial charge in [-0.1, -0.05) is 12.1 Å². The molecule has 0 spiro atoms. The van der Waals surface area contributed by atoms with E-state index >= 15 is 0 Å². The number of halogens is 2. The fourth-order valence-corrected chi connectivity index (χ4v) is 1.57. The van der Waals surface area contributed by atoms with E-state index in [2.05, 4.69) is 0 Å². The highest BCUT2D eigenvalue weighted by atomic mass is 19.1. The van der Waals surface area contributed by atoms with Crippen molar-refractivity contribution in [1.82, 2.24) is 0 Å². The number of hydrogen-bond acceptors (Lipinski definition) is 3. The predicted molar refractivity (Wildman–Crippen MR) is 64.2 cm³/mol. The normalized spacial score (nSPS) is 10.3. The minimum absolute atomic E-state index is 0.105. The molecule has 5 heteroatoms. The maximum atomic E-state index is 13.6. The highest BCUT2D eigenvalue weighted by molar-refractivity contribution is 5.75. The summed E-state index contributed by atoms with van der Waals surface area (Å²) in [7, 11) is 0. The molecule has 0 bridgehead atoms.